The van der Waals surface area contributed by atoms with Crippen LogP contribution in [0.4, 0.5) is 0 Å². The van der Waals surface area contributed by atoms with E-state index in [2.05, 4.69) is 0 Å². The molecule has 0 aromatic heterocycles. The highest BCUT2D eigenvalue weighted by Crippen LogP contribution is 2.30. The van der Waals surface area contributed by atoms with Crippen molar-refractivity contribution in [2.75, 3.05) is 6.61 Å². The highest BCUT2D eigenvalue weighted by Gasteiger charge is 2.44. The first-order chi connectivity index (χ1) is 10.8. The number of ketones is 1. The van der Waals surface area contributed by atoms with Gasteiger partial charge in [0.05, 0.1) is 6.61 Å². The predicted octanol–water partition coefficient (Wildman–Crippen LogP) is -0.918. The van der Waals surface area contributed by atoms with E-state index in [0.29, 0.717) is 5.56 Å². The van der Waals surface area contributed by atoms with Crippen LogP contribution in [-0.2, 0) is 4.74 Å². The van der Waals surface area contributed by atoms with Crippen molar-refractivity contribution in [1.82, 2.24) is 0 Å². The Morgan fingerprint density at radius 1 is 1.22 bits per heavy atom. The quantitative estimate of drug-likeness (QED) is 0.448. The number of aliphatic hydroxyl groups is 4. The maximum atomic E-state index is 11.6. The van der Waals surface area contributed by atoms with Crippen molar-refractivity contribution in [3.63, 3.8) is 0 Å². The summed E-state index contributed by atoms with van der Waals surface area (Å²) < 4.78 is 10.6. The van der Waals surface area contributed by atoms with E-state index in [0.717, 1.165) is 0 Å². The predicted molar refractivity (Wildman–Crippen MR) is 77.2 cm³/mol. The summed E-state index contributed by atoms with van der Waals surface area (Å²) in [5, 5.41) is 48.3. The lowest BCUT2D eigenvalue weighted by Crippen LogP contribution is -2.60. The largest absolute Gasteiger partial charge is 0.508 e. The molecular weight excluding hydrogens is 308 g/mol. The summed E-state index contributed by atoms with van der Waals surface area (Å²) >= 11 is 0. The number of hydrogen-bond acceptors (Lipinski definition) is 8. The molecule has 1 saturated heterocycles. The van der Waals surface area contributed by atoms with Crippen LogP contribution in [0, 0.1) is 6.92 Å². The van der Waals surface area contributed by atoms with Crippen molar-refractivity contribution >= 4 is 5.78 Å². The topological polar surface area (TPSA) is 137 Å². The van der Waals surface area contributed by atoms with Gasteiger partial charge in [0.2, 0.25) is 6.29 Å². The van der Waals surface area contributed by atoms with Crippen LogP contribution in [0.1, 0.15) is 22.8 Å². The van der Waals surface area contributed by atoms with Crippen LogP contribution >= 0.6 is 0 Å². The molecule has 0 amide bonds. The number of hydrogen-bond donors (Lipinski definition) is 5. The molecule has 23 heavy (non-hydrogen) atoms. The van der Waals surface area contributed by atoms with Crippen molar-refractivity contribution in [3.8, 4) is 11.5 Å². The Bertz CT molecular complexity index is 585. The van der Waals surface area contributed by atoms with E-state index in [-0.39, 0.29) is 22.8 Å². The van der Waals surface area contributed by atoms with Gasteiger partial charge in [-0.05, 0) is 19.9 Å². The minimum absolute atomic E-state index is 0.0441. The van der Waals surface area contributed by atoms with Crippen LogP contribution in [0.15, 0.2) is 12.1 Å². The molecule has 2 rings (SSSR count). The molecule has 1 aromatic carbocycles. The monoisotopic (exact) mass is 328 g/mol. The average molecular weight is 328 g/mol. The molecule has 5 N–H and O–H groups in total. The highest BCUT2D eigenvalue weighted by atomic mass is 16.7. The van der Waals surface area contributed by atoms with Gasteiger partial charge in [-0.15, -0.1) is 0 Å². The fourth-order valence-corrected chi connectivity index (χ4v) is 2.41. The molecule has 8 heteroatoms. The Kier molecular flexibility index (Phi) is 5.23. The lowest BCUT2D eigenvalue weighted by molar-refractivity contribution is -0.277. The van der Waals surface area contributed by atoms with Crippen LogP contribution in [0.25, 0.3) is 0 Å². The third-order valence-corrected chi connectivity index (χ3v) is 3.83. The standard InChI is InChI=1S/C15H20O8/c1-6-9(7(2)17)3-8(4-10(6)18)22-15-14(21)13(20)12(19)11(5-16)23-15/h3-4,11-16,18-21H,5H2,1-2H3/t11-,12-,13+,14-,15-/m1/s1. The molecule has 0 bridgehead atoms. The second-order valence-electron chi connectivity index (χ2n) is 5.49. The van der Waals surface area contributed by atoms with Gasteiger partial charge >= 0.3 is 0 Å². The molecule has 1 aromatic rings. The number of carbonyl (C=O) groups excluding carboxylic acids is 1. The maximum Gasteiger partial charge on any atom is 0.229 e. The second kappa shape index (κ2) is 6.81. The summed E-state index contributed by atoms with van der Waals surface area (Å²) in [7, 11) is 0. The molecule has 1 fully saturated rings. The lowest BCUT2D eigenvalue weighted by Gasteiger charge is -2.39. The van der Waals surface area contributed by atoms with Gasteiger partial charge in [0, 0.05) is 17.2 Å². The van der Waals surface area contributed by atoms with Crippen molar-refractivity contribution in [2.45, 2.75) is 44.6 Å². The van der Waals surface area contributed by atoms with Crippen molar-refractivity contribution < 1.29 is 39.8 Å². The Balaban J connectivity index is 2.26. The Labute approximate surface area is 132 Å². The number of phenols is 1. The summed E-state index contributed by atoms with van der Waals surface area (Å²) in [6.07, 6.45) is -7.12. The van der Waals surface area contributed by atoms with E-state index in [1.165, 1.54) is 19.1 Å². The number of ether oxygens (including phenoxy) is 2. The van der Waals surface area contributed by atoms with E-state index in [1.807, 2.05) is 0 Å². The summed E-state index contributed by atoms with van der Waals surface area (Å²) in [6.45, 7) is 2.33. The van der Waals surface area contributed by atoms with Gasteiger partial charge in [-0.25, -0.2) is 0 Å². The van der Waals surface area contributed by atoms with Gasteiger partial charge in [-0.2, -0.15) is 0 Å². The molecule has 1 aliphatic heterocycles. The lowest BCUT2D eigenvalue weighted by atomic mass is 9.99. The summed E-state index contributed by atoms with van der Waals surface area (Å²) in [6, 6.07) is 2.61. The normalized spacial score (nSPS) is 31.0. The summed E-state index contributed by atoms with van der Waals surface area (Å²) in [4.78, 5) is 11.6. The fourth-order valence-electron chi connectivity index (χ4n) is 2.41. The zero-order valence-electron chi connectivity index (χ0n) is 12.7. The van der Waals surface area contributed by atoms with Gasteiger partial charge in [0.15, 0.2) is 5.78 Å². The molecule has 5 atom stereocenters. The van der Waals surface area contributed by atoms with Gasteiger partial charge in [0.25, 0.3) is 0 Å². The highest BCUT2D eigenvalue weighted by molar-refractivity contribution is 5.96. The molecule has 8 nitrogen and oxygen atoms in total. The molecule has 0 saturated carbocycles. The minimum atomic E-state index is -1.57. The summed E-state index contributed by atoms with van der Waals surface area (Å²) in [5.74, 6) is -0.406. The second-order valence-corrected chi connectivity index (χ2v) is 5.49. The molecule has 0 spiro atoms. The van der Waals surface area contributed by atoms with Gasteiger partial charge in [-0.1, -0.05) is 0 Å². The Morgan fingerprint density at radius 2 is 1.87 bits per heavy atom. The molecule has 0 radical (unpaired) electrons. The van der Waals surface area contributed by atoms with E-state index >= 15 is 0 Å². The number of phenolic OH excluding ortho intramolecular Hbond substituents is 1. The molecule has 1 aliphatic rings. The summed E-state index contributed by atoms with van der Waals surface area (Å²) in [5.41, 5.74) is 0.628. The van der Waals surface area contributed by atoms with Crippen molar-refractivity contribution in [2.24, 2.45) is 0 Å². The molecule has 0 unspecified atom stereocenters. The van der Waals surface area contributed by atoms with Crippen molar-refractivity contribution in [3.05, 3.63) is 23.3 Å². The maximum absolute atomic E-state index is 11.6. The molecule has 1 heterocycles. The number of aliphatic hydroxyl groups excluding tert-OH is 4. The zero-order chi connectivity index (χ0) is 17.3. The SMILES string of the molecule is CC(=O)c1cc(O[C@@H]2O[C@H](CO)[C@@H](O)[C@H](O)[C@H]2O)cc(O)c1C. The smallest absolute Gasteiger partial charge is 0.229 e. The number of benzene rings is 1. The minimum Gasteiger partial charge on any atom is -0.508 e. The fraction of sp³-hybridized carbons (Fsp3) is 0.533. The Hall–Kier alpha value is -1.71. The van der Waals surface area contributed by atoms with Crippen molar-refractivity contribution in [1.29, 1.82) is 0 Å². The first-order valence-electron chi connectivity index (χ1n) is 7.08. The number of rotatable bonds is 4. The molecular formula is C15H20O8. The third kappa shape index (κ3) is 3.46. The first-order valence-corrected chi connectivity index (χ1v) is 7.08. The van der Waals surface area contributed by atoms with Gasteiger partial charge in [-0.3, -0.25) is 4.79 Å². The van der Waals surface area contributed by atoms with Crippen LogP contribution < -0.4 is 4.74 Å². The van der Waals surface area contributed by atoms with E-state index in [9.17, 15) is 25.2 Å². The number of carbonyl (C=O) groups is 1. The number of Topliss-reactive ketones (excluding diaryl/α,β-unsaturated/α-hetero) is 1. The van der Waals surface area contributed by atoms with E-state index in [4.69, 9.17) is 14.6 Å². The first kappa shape index (κ1) is 17.6. The Morgan fingerprint density at radius 3 is 2.43 bits per heavy atom. The van der Waals surface area contributed by atoms with Crippen LogP contribution in [-0.4, -0.2) is 68.6 Å². The zero-order valence-corrected chi connectivity index (χ0v) is 12.7. The molecule has 0 aliphatic carbocycles. The molecule has 128 valence electrons. The van der Waals surface area contributed by atoms with E-state index in [1.54, 1.807) is 6.92 Å². The van der Waals surface area contributed by atoms with E-state index < -0.39 is 37.3 Å². The average Bonchev–Trinajstić information content (AvgIpc) is 2.50. The van der Waals surface area contributed by atoms with Crippen LogP contribution in [0.5, 0.6) is 11.5 Å². The van der Waals surface area contributed by atoms with Crippen LogP contribution in [0.2, 0.25) is 0 Å². The van der Waals surface area contributed by atoms with Gasteiger partial charge in [0.1, 0.15) is 35.9 Å². The van der Waals surface area contributed by atoms with Crippen LogP contribution in [0.3, 0.4) is 0 Å². The third-order valence-electron chi connectivity index (χ3n) is 3.83. The number of aromatic hydroxyl groups is 1. The van der Waals surface area contributed by atoms with Gasteiger partial charge < -0.3 is 35.0 Å².